The Hall–Kier alpha value is -1.46. The van der Waals surface area contributed by atoms with E-state index in [0.29, 0.717) is 11.5 Å². The molecule has 1 aliphatic heterocycles. The Morgan fingerprint density at radius 1 is 1.18 bits per heavy atom. The summed E-state index contributed by atoms with van der Waals surface area (Å²) in [7, 11) is 4.62. The molecular weight excluding hydrogens is 306 g/mol. The molecule has 0 radical (unpaired) electrons. The number of hydrogen-bond acceptors (Lipinski definition) is 5. The van der Waals surface area contributed by atoms with Crippen LogP contribution in [0.2, 0.25) is 0 Å². The average molecular weight is 330 g/mol. The lowest BCUT2D eigenvalue weighted by Crippen LogP contribution is -2.42. The van der Waals surface area contributed by atoms with Gasteiger partial charge in [0.15, 0.2) is 11.5 Å². The molecule has 6 heteroatoms. The first-order chi connectivity index (χ1) is 10.2. The number of piperidine rings is 1. The second-order valence-corrected chi connectivity index (χ2v) is 5.17. The number of carbonyl (C=O) groups is 1. The van der Waals surface area contributed by atoms with Gasteiger partial charge in [-0.25, -0.2) is 0 Å². The van der Waals surface area contributed by atoms with Gasteiger partial charge in [0.2, 0.25) is 0 Å². The Kier molecular flexibility index (Phi) is 7.48. The smallest absolute Gasteiger partial charge is 0.314 e. The van der Waals surface area contributed by atoms with Crippen LogP contribution in [0.5, 0.6) is 11.5 Å². The van der Waals surface area contributed by atoms with Gasteiger partial charge >= 0.3 is 5.97 Å². The molecule has 5 nitrogen and oxygen atoms in total. The van der Waals surface area contributed by atoms with Crippen molar-refractivity contribution < 1.29 is 19.0 Å². The molecule has 1 aromatic carbocycles. The van der Waals surface area contributed by atoms with Crippen molar-refractivity contribution in [2.75, 3.05) is 27.9 Å². The van der Waals surface area contributed by atoms with E-state index in [9.17, 15) is 4.79 Å². The van der Waals surface area contributed by atoms with Crippen molar-refractivity contribution in [3.8, 4) is 11.5 Å². The number of methoxy groups -OCH3 is 3. The predicted octanol–water partition coefficient (Wildman–Crippen LogP) is 2.52. The van der Waals surface area contributed by atoms with Gasteiger partial charge in [-0.05, 0) is 37.1 Å². The lowest BCUT2D eigenvalue weighted by molar-refractivity contribution is -0.143. The maximum atomic E-state index is 12.2. The van der Waals surface area contributed by atoms with Crippen LogP contribution in [-0.4, -0.2) is 39.9 Å². The van der Waals surface area contributed by atoms with Crippen LogP contribution < -0.4 is 14.8 Å². The largest absolute Gasteiger partial charge is 0.493 e. The monoisotopic (exact) mass is 329 g/mol. The van der Waals surface area contributed by atoms with Crippen molar-refractivity contribution in [1.29, 1.82) is 0 Å². The molecule has 1 fully saturated rings. The zero-order chi connectivity index (χ0) is 15.2. The number of benzene rings is 1. The molecule has 0 aliphatic carbocycles. The van der Waals surface area contributed by atoms with E-state index in [1.165, 1.54) is 7.11 Å². The summed E-state index contributed by atoms with van der Waals surface area (Å²) in [5.41, 5.74) is 0.888. The minimum atomic E-state index is -0.324. The van der Waals surface area contributed by atoms with Gasteiger partial charge in [0.05, 0.1) is 27.2 Å². The quantitative estimate of drug-likeness (QED) is 0.841. The Bertz CT molecular complexity index is 489. The number of rotatable bonds is 5. The summed E-state index contributed by atoms with van der Waals surface area (Å²) in [6, 6.07) is 5.69. The van der Waals surface area contributed by atoms with E-state index < -0.39 is 0 Å². The number of ether oxygens (including phenoxy) is 3. The maximum absolute atomic E-state index is 12.2. The molecule has 0 spiro atoms. The van der Waals surface area contributed by atoms with Gasteiger partial charge in [0.25, 0.3) is 0 Å². The molecule has 2 atom stereocenters. The van der Waals surface area contributed by atoms with Crippen molar-refractivity contribution >= 4 is 18.4 Å². The molecule has 2 rings (SSSR count). The van der Waals surface area contributed by atoms with Crippen LogP contribution in [-0.2, 0) is 9.53 Å². The minimum absolute atomic E-state index is 0. The van der Waals surface area contributed by atoms with E-state index in [-0.39, 0.29) is 30.3 Å². The highest BCUT2D eigenvalue weighted by molar-refractivity contribution is 5.85. The SMILES string of the molecule is COC(=O)[C@@H](c1ccc(OC)c(OC)c1)[C@@H]1CCCCN1.Cl. The first-order valence-corrected chi connectivity index (χ1v) is 7.24. The van der Waals surface area contributed by atoms with Crippen molar-refractivity contribution in [2.24, 2.45) is 0 Å². The number of esters is 1. The summed E-state index contributed by atoms with van der Waals surface area (Å²) < 4.78 is 15.6. The summed E-state index contributed by atoms with van der Waals surface area (Å²) in [4.78, 5) is 12.2. The van der Waals surface area contributed by atoms with Gasteiger partial charge in [-0.1, -0.05) is 12.5 Å². The molecule has 0 aromatic heterocycles. The van der Waals surface area contributed by atoms with Crippen molar-refractivity contribution in [1.82, 2.24) is 5.32 Å². The Morgan fingerprint density at radius 3 is 2.45 bits per heavy atom. The molecule has 1 aliphatic rings. The van der Waals surface area contributed by atoms with E-state index in [2.05, 4.69) is 5.32 Å². The van der Waals surface area contributed by atoms with Crippen LogP contribution >= 0.6 is 12.4 Å². The van der Waals surface area contributed by atoms with Crippen molar-refractivity contribution in [2.45, 2.75) is 31.2 Å². The summed E-state index contributed by atoms with van der Waals surface area (Å²) in [5, 5.41) is 3.43. The zero-order valence-corrected chi connectivity index (χ0v) is 14.1. The molecular formula is C16H24ClNO4. The van der Waals surface area contributed by atoms with Crippen LogP contribution in [0.25, 0.3) is 0 Å². The fourth-order valence-corrected chi connectivity index (χ4v) is 2.87. The van der Waals surface area contributed by atoms with Crippen molar-refractivity contribution in [3.05, 3.63) is 23.8 Å². The molecule has 0 saturated carbocycles. The molecule has 1 heterocycles. The average Bonchev–Trinajstić information content (AvgIpc) is 2.55. The van der Waals surface area contributed by atoms with Crippen LogP contribution in [0.3, 0.4) is 0 Å². The van der Waals surface area contributed by atoms with Gasteiger partial charge in [-0.15, -0.1) is 12.4 Å². The molecule has 0 bridgehead atoms. The van der Waals surface area contributed by atoms with Crippen LogP contribution in [0.1, 0.15) is 30.7 Å². The Balaban J connectivity index is 0.00000242. The third-order valence-corrected chi connectivity index (χ3v) is 3.97. The third kappa shape index (κ3) is 4.05. The zero-order valence-electron chi connectivity index (χ0n) is 13.3. The summed E-state index contributed by atoms with van der Waals surface area (Å²) in [5.74, 6) is 0.734. The third-order valence-electron chi connectivity index (χ3n) is 3.97. The first kappa shape index (κ1) is 18.6. The van der Waals surface area contributed by atoms with Crippen LogP contribution in [0.15, 0.2) is 18.2 Å². The van der Waals surface area contributed by atoms with Gasteiger partial charge in [0, 0.05) is 6.04 Å². The highest BCUT2D eigenvalue weighted by atomic mass is 35.5. The van der Waals surface area contributed by atoms with E-state index in [4.69, 9.17) is 14.2 Å². The van der Waals surface area contributed by atoms with E-state index in [1.807, 2.05) is 18.2 Å². The summed E-state index contributed by atoms with van der Waals surface area (Å²) >= 11 is 0. The van der Waals surface area contributed by atoms with Gasteiger partial charge in [-0.3, -0.25) is 4.79 Å². The van der Waals surface area contributed by atoms with Gasteiger partial charge < -0.3 is 19.5 Å². The number of carbonyl (C=O) groups excluding carboxylic acids is 1. The number of halogens is 1. The highest BCUT2D eigenvalue weighted by Gasteiger charge is 2.32. The normalized spacial score (nSPS) is 18.8. The molecule has 1 aromatic rings. The predicted molar refractivity (Wildman–Crippen MR) is 87.2 cm³/mol. The van der Waals surface area contributed by atoms with Crippen molar-refractivity contribution in [3.63, 3.8) is 0 Å². The lowest BCUT2D eigenvalue weighted by Gasteiger charge is -2.30. The fraction of sp³-hybridized carbons (Fsp3) is 0.562. The molecule has 0 amide bonds. The lowest BCUT2D eigenvalue weighted by atomic mass is 9.86. The fourth-order valence-electron chi connectivity index (χ4n) is 2.87. The van der Waals surface area contributed by atoms with Gasteiger partial charge in [0.1, 0.15) is 0 Å². The standard InChI is InChI=1S/C16H23NO4.ClH/c1-19-13-8-7-11(10-14(13)20-2)15(16(18)21-3)12-6-4-5-9-17-12;/h7-8,10,12,15,17H,4-6,9H2,1-3H3;1H/t12-,15-;/m0./s1. The Morgan fingerprint density at radius 2 is 1.91 bits per heavy atom. The van der Waals surface area contributed by atoms with Crippen LogP contribution in [0.4, 0.5) is 0 Å². The molecule has 0 unspecified atom stereocenters. The molecule has 1 saturated heterocycles. The van der Waals surface area contributed by atoms with E-state index >= 15 is 0 Å². The van der Waals surface area contributed by atoms with E-state index in [1.54, 1.807) is 14.2 Å². The molecule has 124 valence electrons. The Labute approximate surface area is 137 Å². The first-order valence-electron chi connectivity index (χ1n) is 7.24. The second-order valence-electron chi connectivity index (χ2n) is 5.17. The van der Waals surface area contributed by atoms with Gasteiger partial charge in [-0.2, -0.15) is 0 Å². The highest BCUT2D eigenvalue weighted by Crippen LogP contribution is 2.33. The van der Waals surface area contributed by atoms with E-state index in [0.717, 1.165) is 31.4 Å². The number of nitrogens with one attached hydrogen (secondary N) is 1. The molecule has 1 N–H and O–H groups in total. The number of hydrogen-bond donors (Lipinski definition) is 1. The summed E-state index contributed by atoms with van der Waals surface area (Å²) in [6.45, 7) is 0.936. The minimum Gasteiger partial charge on any atom is -0.493 e. The van der Waals surface area contributed by atoms with Crippen LogP contribution in [0, 0.1) is 0 Å². The maximum Gasteiger partial charge on any atom is 0.314 e. The molecule has 22 heavy (non-hydrogen) atoms. The topological polar surface area (TPSA) is 56.8 Å². The summed E-state index contributed by atoms with van der Waals surface area (Å²) in [6.07, 6.45) is 3.24. The second kappa shape index (κ2) is 8.86.